The molecule has 5 nitrogen and oxygen atoms in total. The fourth-order valence-corrected chi connectivity index (χ4v) is 3.07. The number of likely N-dealkylation sites (tertiary alicyclic amines) is 1. The van der Waals surface area contributed by atoms with Crippen LogP contribution >= 0.6 is 11.8 Å². The lowest BCUT2D eigenvalue weighted by Crippen LogP contribution is -2.55. The maximum absolute atomic E-state index is 12.6. The summed E-state index contributed by atoms with van der Waals surface area (Å²) in [6, 6.07) is 7.16. The van der Waals surface area contributed by atoms with Gasteiger partial charge in [-0.2, -0.15) is 11.8 Å². The summed E-state index contributed by atoms with van der Waals surface area (Å²) in [6.07, 6.45) is 3.68. The number of amides is 1. The van der Waals surface area contributed by atoms with Gasteiger partial charge in [0.2, 0.25) is 5.91 Å². The van der Waals surface area contributed by atoms with Crippen molar-refractivity contribution in [1.29, 1.82) is 0 Å². The summed E-state index contributed by atoms with van der Waals surface area (Å²) in [6.45, 7) is 5.38. The summed E-state index contributed by atoms with van der Waals surface area (Å²) in [5, 5.41) is 0. The van der Waals surface area contributed by atoms with Crippen molar-refractivity contribution in [2.75, 3.05) is 26.5 Å². The zero-order valence-electron chi connectivity index (χ0n) is 15.0. The van der Waals surface area contributed by atoms with E-state index in [9.17, 15) is 4.79 Å². The molecule has 1 fully saturated rings. The van der Waals surface area contributed by atoms with Crippen LogP contribution in [0.5, 0.6) is 11.5 Å². The average Bonchev–Trinajstić information content (AvgIpc) is 2.61. The number of nitrogens with two attached hydrogens (primary N) is 1. The van der Waals surface area contributed by atoms with Crippen LogP contribution in [0.15, 0.2) is 24.3 Å². The Morgan fingerprint density at radius 3 is 2.42 bits per heavy atom. The zero-order chi connectivity index (χ0) is 17.7. The molecule has 1 amide bonds. The highest BCUT2D eigenvalue weighted by molar-refractivity contribution is 8.00. The van der Waals surface area contributed by atoms with Crippen molar-refractivity contribution in [2.45, 2.75) is 43.6 Å². The Labute approximate surface area is 148 Å². The predicted octanol–water partition coefficient (Wildman–Crippen LogP) is 2.53. The Kier molecular flexibility index (Phi) is 6.40. The molecule has 1 saturated heterocycles. The van der Waals surface area contributed by atoms with Gasteiger partial charge < -0.3 is 20.1 Å². The summed E-state index contributed by atoms with van der Waals surface area (Å²) in [4.78, 5) is 14.5. The minimum absolute atomic E-state index is 0.0325. The first-order chi connectivity index (χ1) is 11.4. The number of piperidine rings is 1. The maximum atomic E-state index is 12.6. The number of ether oxygens (including phenoxy) is 2. The molecule has 1 aromatic rings. The number of nitrogens with zero attached hydrogens (tertiary/aromatic N) is 1. The average molecular weight is 353 g/mol. The number of carbonyl (C=O) groups excluding carboxylic acids is 1. The van der Waals surface area contributed by atoms with Crippen LogP contribution in [0.25, 0.3) is 0 Å². The second-order valence-electron chi connectivity index (χ2n) is 6.58. The van der Waals surface area contributed by atoms with E-state index in [1.807, 2.05) is 49.3 Å². The molecule has 0 aromatic heterocycles. The lowest BCUT2D eigenvalue weighted by Gasteiger charge is -2.37. The first kappa shape index (κ1) is 18.9. The van der Waals surface area contributed by atoms with E-state index in [4.69, 9.17) is 15.2 Å². The molecule has 0 aliphatic carbocycles. The smallest absolute Gasteiger partial charge is 0.240 e. The molecular formula is C18H28N2O3S. The largest absolute Gasteiger partial charge is 0.493 e. The highest BCUT2D eigenvalue weighted by Crippen LogP contribution is 2.30. The second-order valence-corrected chi connectivity index (χ2v) is 8.04. The van der Waals surface area contributed by atoms with Crippen molar-refractivity contribution in [3.05, 3.63) is 24.3 Å². The number of hydrogen-bond donors (Lipinski definition) is 1. The van der Waals surface area contributed by atoms with Crippen molar-refractivity contribution in [2.24, 2.45) is 5.73 Å². The third-order valence-electron chi connectivity index (χ3n) is 4.66. The van der Waals surface area contributed by atoms with Gasteiger partial charge in [-0.3, -0.25) is 4.79 Å². The fraction of sp³-hybridized carbons (Fsp3) is 0.611. The van der Waals surface area contributed by atoms with E-state index in [0.29, 0.717) is 13.1 Å². The van der Waals surface area contributed by atoms with Crippen LogP contribution in [-0.4, -0.2) is 54.2 Å². The number of para-hydroxylation sites is 2. The summed E-state index contributed by atoms with van der Waals surface area (Å²) in [5.41, 5.74) is 6.17. The molecular weight excluding hydrogens is 324 g/mol. The second kappa shape index (κ2) is 8.12. The quantitative estimate of drug-likeness (QED) is 0.852. The Bertz CT molecular complexity index is 557. The van der Waals surface area contributed by atoms with E-state index in [0.717, 1.165) is 24.3 Å². The van der Waals surface area contributed by atoms with E-state index >= 15 is 0 Å². The van der Waals surface area contributed by atoms with Crippen molar-refractivity contribution >= 4 is 17.7 Å². The number of carbonyl (C=O) groups is 1. The van der Waals surface area contributed by atoms with Gasteiger partial charge in [-0.25, -0.2) is 0 Å². The molecule has 6 heteroatoms. The van der Waals surface area contributed by atoms with Gasteiger partial charge in [0, 0.05) is 30.7 Å². The van der Waals surface area contributed by atoms with Crippen LogP contribution in [0.1, 0.15) is 26.7 Å². The zero-order valence-corrected chi connectivity index (χ0v) is 15.8. The molecule has 1 atom stereocenters. The number of methoxy groups -OCH3 is 1. The molecule has 24 heavy (non-hydrogen) atoms. The lowest BCUT2D eigenvalue weighted by molar-refractivity contribution is -0.134. The third kappa shape index (κ3) is 4.36. The van der Waals surface area contributed by atoms with Crippen LogP contribution in [0.4, 0.5) is 0 Å². The van der Waals surface area contributed by atoms with Gasteiger partial charge in [0.05, 0.1) is 13.2 Å². The maximum Gasteiger partial charge on any atom is 0.240 e. The number of benzene rings is 1. The molecule has 0 spiro atoms. The monoisotopic (exact) mass is 352 g/mol. The Morgan fingerprint density at radius 1 is 1.29 bits per heavy atom. The summed E-state index contributed by atoms with van der Waals surface area (Å²) < 4.78 is 11.1. The fourth-order valence-electron chi connectivity index (χ4n) is 2.71. The molecule has 1 aliphatic rings. The van der Waals surface area contributed by atoms with Crippen molar-refractivity contribution in [3.8, 4) is 11.5 Å². The molecule has 134 valence electrons. The predicted molar refractivity (Wildman–Crippen MR) is 98.8 cm³/mol. The summed E-state index contributed by atoms with van der Waals surface area (Å²) >= 11 is 1.62. The number of hydrogen-bond acceptors (Lipinski definition) is 5. The summed E-state index contributed by atoms with van der Waals surface area (Å²) in [5.74, 6) is 1.52. The summed E-state index contributed by atoms with van der Waals surface area (Å²) in [7, 11) is 1.64. The normalized spacial score (nSPS) is 17.5. The van der Waals surface area contributed by atoms with E-state index in [1.54, 1.807) is 18.9 Å². The van der Waals surface area contributed by atoms with Gasteiger partial charge >= 0.3 is 0 Å². The van der Waals surface area contributed by atoms with E-state index in [2.05, 4.69) is 0 Å². The molecule has 0 radical (unpaired) electrons. The van der Waals surface area contributed by atoms with Gasteiger partial charge in [0.25, 0.3) is 0 Å². The molecule has 2 N–H and O–H groups in total. The van der Waals surface area contributed by atoms with Crippen LogP contribution in [0.2, 0.25) is 0 Å². The van der Waals surface area contributed by atoms with Crippen molar-refractivity contribution in [3.63, 3.8) is 0 Å². The van der Waals surface area contributed by atoms with Gasteiger partial charge in [0.15, 0.2) is 11.5 Å². The topological polar surface area (TPSA) is 64.8 Å². The van der Waals surface area contributed by atoms with Crippen molar-refractivity contribution < 1.29 is 14.3 Å². The molecule has 2 rings (SSSR count). The van der Waals surface area contributed by atoms with Gasteiger partial charge in [-0.05, 0) is 32.2 Å². The van der Waals surface area contributed by atoms with Crippen LogP contribution in [-0.2, 0) is 4.79 Å². The standard InChI is InChI=1S/C18H28N2O3S/c1-18(2,24-4)16(19)17(21)20-11-9-13(10-12-20)23-15-8-6-5-7-14(15)22-3/h5-8,13,16H,9-12,19H2,1-4H3/t16-/m1/s1. The van der Waals surface area contributed by atoms with Crippen LogP contribution in [0.3, 0.4) is 0 Å². The van der Waals surface area contributed by atoms with Crippen LogP contribution in [0, 0.1) is 0 Å². The Hall–Kier alpha value is -1.40. The van der Waals surface area contributed by atoms with Gasteiger partial charge in [-0.1, -0.05) is 12.1 Å². The first-order valence-electron chi connectivity index (χ1n) is 8.28. The van der Waals surface area contributed by atoms with E-state index < -0.39 is 6.04 Å². The van der Waals surface area contributed by atoms with E-state index in [-0.39, 0.29) is 16.8 Å². The highest BCUT2D eigenvalue weighted by Gasteiger charge is 2.35. The third-order valence-corrected chi connectivity index (χ3v) is 5.96. The minimum atomic E-state index is -0.487. The highest BCUT2D eigenvalue weighted by atomic mass is 32.2. The molecule has 0 bridgehead atoms. The molecule has 0 saturated carbocycles. The number of thioether (sulfide) groups is 1. The first-order valence-corrected chi connectivity index (χ1v) is 9.50. The Morgan fingerprint density at radius 2 is 1.88 bits per heavy atom. The Balaban J connectivity index is 1.90. The van der Waals surface area contributed by atoms with Crippen molar-refractivity contribution in [1.82, 2.24) is 4.90 Å². The minimum Gasteiger partial charge on any atom is -0.493 e. The molecule has 1 aromatic carbocycles. The SMILES string of the molecule is COc1ccccc1OC1CCN(C(=O)[C@@H](N)C(C)(C)SC)CC1. The lowest BCUT2D eigenvalue weighted by atomic mass is 10.0. The van der Waals surface area contributed by atoms with E-state index in [1.165, 1.54) is 0 Å². The molecule has 1 aliphatic heterocycles. The molecule has 1 heterocycles. The number of rotatable bonds is 6. The van der Waals surface area contributed by atoms with Crippen LogP contribution < -0.4 is 15.2 Å². The molecule has 0 unspecified atom stereocenters. The van der Waals surface area contributed by atoms with Gasteiger partial charge in [0.1, 0.15) is 6.10 Å². The van der Waals surface area contributed by atoms with Gasteiger partial charge in [-0.15, -0.1) is 0 Å².